The first kappa shape index (κ1) is 14.0. The Morgan fingerprint density at radius 3 is 2.53 bits per heavy atom. The van der Waals surface area contributed by atoms with Gasteiger partial charge in [-0.05, 0) is 36.6 Å². The topological polar surface area (TPSA) is 49.3 Å². The lowest BCUT2D eigenvalue weighted by Gasteiger charge is -2.20. The first-order chi connectivity index (χ1) is 7.93. The molecular weight excluding hydrogens is 238 g/mol. The second-order valence-electron chi connectivity index (χ2n) is 4.52. The van der Waals surface area contributed by atoms with Crippen LogP contribution in [0, 0.1) is 12.8 Å². The molecule has 1 atom stereocenters. The third-order valence-electron chi connectivity index (χ3n) is 2.62. The number of aryl methyl sites for hydroxylation is 1. The van der Waals surface area contributed by atoms with Gasteiger partial charge in [0.15, 0.2) is 0 Å². The second-order valence-corrected chi connectivity index (χ2v) is 4.96. The molecule has 0 heterocycles. The van der Waals surface area contributed by atoms with E-state index in [1.807, 2.05) is 20.8 Å². The Hall–Kier alpha value is -1.06. The number of carbonyl (C=O) groups excluding carboxylic acids is 1. The largest absolute Gasteiger partial charge is 0.394 e. The number of aliphatic hydroxyl groups excluding tert-OH is 1. The highest BCUT2D eigenvalue weighted by molar-refractivity contribution is 6.31. The van der Waals surface area contributed by atoms with Crippen molar-refractivity contribution in [1.29, 1.82) is 0 Å². The summed E-state index contributed by atoms with van der Waals surface area (Å²) in [5.74, 6) is -0.0208. The molecule has 0 aromatic heterocycles. The van der Waals surface area contributed by atoms with Crippen molar-refractivity contribution in [3.63, 3.8) is 0 Å². The maximum Gasteiger partial charge on any atom is 0.251 e. The highest BCUT2D eigenvalue weighted by Gasteiger charge is 2.16. The van der Waals surface area contributed by atoms with Crippen molar-refractivity contribution < 1.29 is 9.90 Å². The van der Waals surface area contributed by atoms with Gasteiger partial charge in [0.2, 0.25) is 0 Å². The molecule has 4 heteroatoms. The SMILES string of the molecule is Cc1cc(Cl)cc(C(=O)NC(CO)C(C)C)c1. The van der Waals surface area contributed by atoms with Gasteiger partial charge in [-0.25, -0.2) is 0 Å². The van der Waals surface area contributed by atoms with Gasteiger partial charge in [-0.1, -0.05) is 25.4 Å². The first-order valence-electron chi connectivity index (χ1n) is 5.63. The van der Waals surface area contributed by atoms with Crippen molar-refractivity contribution in [1.82, 2.24) is 5.32 Å². The van der Waals surface area contributed by atoms with Crippen LogP contribution in [0.15, 0.2) is 18.2 Å². The number of hydrogen-bond donors (Lipinski definition) is 2. The molecule has 0 aliphatic heterocycles. The lowest BCUT2D eigenvalue weighted by molar-refractivity contribution is 0.0897. The highest BCUT2D eigenvalue weighted by atomic mass is 35.5. The maximum absolute atomic E-state index is 11.9. The molecule has 0 radical (unpaired) electrons. The van der Waals surface area contributed by atoms with E-state index in [1.54, 1.807) is 18.2 Å². The van der Waals surface area contributed by atoms with E-state index in [1.165, 1.54) is 0 Å². The molecule has 2 N–H and O–H groups in total. The smallest absolute Gasteiger partial charge is 0.251 e. The van der Waals surface area contributed by atoms with Crippen molar-refractivity contribution >= 4 is 17.5 Å². The van der Waals surface area contributed by atoms with E-state index in [0.717, 1.165) is 5.56 Å². The van der Waals surface area contributed by atoms with Gasteiger partial charge < -0.3 is 10.4 Å². The normalized spacial score (nSPS) is 12.6. The van der Waals surface area contributed by atoms with Crippen LogP contribution in [-0.4, -0.2) is 23.7 Å². The molecule has 0 aliphatic rings. The Morgan fingerprint density at radius 2 is 2.06 bits per heavy atom. The van der Waals surface area contributed by atoms with Crippen LogP contribution < -0.4 is 5.32 Å². The molecule has 1 unspecified atom stereocenters. The molecule has 0 fully saturated rings. The number of carbonyl (C=O) groups is 1. The lowest BCUT2D eigenvalue weighted by atomic mass is 10.0. The van der Waals surface area contributed by atoms with Gasteiger partial charge in [0, 0.05) is 10.6 Å². The number of nitrogens with one attached hydrogen (secondary N) is 1. The molecule has 3 nitrogen and oxygen atoms in total. The number of amides is 1. The fourth-order valence-corrected chi connectivity index (χ4v) is 1.83. The Morgan fingerprint density at radius 1 is 1.41 bits per heavy atom. The Kier molecular flexibility index (Phi) is 4.97. The number of benzene rings is 1. The van der Waals surface area contributed by atoms with Crippen molar-refractivity contribution in [2.45, 2.75) is 26.8 Å². The van der Waals surface area contributed by atoms with Gasteiger partial charge in [-0.15, -0.1) is 0 Å². The molecule has 17 heavy (non-hydrogen) atoms. The zero-order chi connectivity index (χ0) is 13.0. The summed E-state index contributed by atoms with van der Waals surface area (Å²) in [7, 11) is 0. The quantitative estimate of drug-likeness (QED) is 0.868. The molecule has 94 valence electrons. The number of halogens is 1. The van der Waals surface area contributed by atoms with Crippen molar-refractivity contribution in [2.75, 3.05) is 6.61 Å². The van der Waals surface area contributed by atoms with E-state index in [-0.39, 0.29) is 24.5 Å². The Labute approximate surface area is 107 Å². The average molecular weight is 256 g/mol. The van der Waals surface area contributed by atoms with E-state index in [9.17, 15) is 4.79 Å². The zero-order valence-corrected chi connectivity index (χ0v) is 11.1. The van der Waals surface area contributed by atoms with Gasteiger partial charge in [0.1, 0.15) is 0 Å². The molecule has 1 aromatic rings. The predicted octanol–water partition coefficient (Wildman–Crippen LogP) is 2.40. The summed E-state index contributed by atoms with van der Waals surface area (Å²) in [4.78, 5) is 11.9. The maximum atomic E-state index is 11.9. The Bertz CT molecular complexity index is 384. The van der Waals surface area contributed by atoms with E-state index in [4.69, 9.17) is 16.7 Å². The predicted molar refractivity (Wildman–Crippen MR) is 69.4 cm³/mol. The van der Waals surface area contributed by atoms with Crippen molar-refractivity contribution in [3.05, 3.63) is 34.3 Å². The monoisotopic (exact) mass is 255 g/mol. The van der Waals surface area contributed by atoms with Crippen LogP contribution in [0.5, 0.6) is 0 Å². The molecule has 0 spiro atoms. The number of rotatable bonds is 4. The van der Waals surface area contributed by atoms with Crippen LogP contribution in [-0.2, 0) is 0 Å². The van der Waals surface area contributed by atoms with E-state index in [2.05, 4.69) is 5.32 Å². The van der Waals surface area contributed by atoms with E-state index >= 15 is 0 Å². The summed E-state index contributed by atoms with van der Waals surface area (Å²) in [6, 6.07) is 4.96. The van der Waals surface area contributed by atoms with E-state index < -0.39 is 0 Å². The molecule has 0 saturated heterocycles. The molecular formula is C13H18ClNO2. The highest BCUT2D eigenvalue weighted by Crippen LogP contribution is 2.15. The summed E-state index contributed by atoms with van der Waals surface area (Å²) in [5, 5.41) is 12.5. The minimum absolute atomic E-state index is 0.0665. The molecule has 0 bridgehead atoms. The van der Waals surface area contributed by atoms with Crippen LogP contribution in [0.4, 0.5) is 0 Å². The summed E-state index contributed by atoms with van der Waals surface area (Å²) in [6.07, 6.45) is 0. The summed E-state index contributed by atoms with van der Waals surface area (Å²) < 4.78 is 0. The zero-order valence-electron chi connectivity index (χ0n) is 10.3. The van der Waals surface area contributed by atoms with Crippen LogP contribution in [0.25, 0.3) is 0 Å². The Balaban J connectivity index is 2.82. The summed E-state index contributed by atoms with van der Waals surface area (Å²) in [6.45, 7) is 5.71. The third kappa shape index (κ3) is 4.02. The molecule has 0 aliphatic carbocycles. The third-order valence-corrected chi connectivity index (χ3v) is 2.84. The molecule has 1 amide bonds. The summed E-state index contributed by atoms with van der Waals surface area (Å²) in [5.41, 5.74) is 1.46. The van der Waals surface area contributed by atoms with Gasteiger partial charge in [0.05, 0.1) is 12.6 Å². The van der Waals surface area contributed by atoms with Gasteiger partial charge in [-0.2, -0.15) is 0 Å². The average Bonchev–Trinajstić information content (AvgIpc) is 2.23. The second kappa shape index (κ2) is 6.03. The molecule has 1 aromatic carbocycles. The molecule has 1 rings (SSSR count). The van der Waals surface area contributed by atoms with Crippen LogP contribution in [0.2, 0.25) is 5.02 Å². The van der Waals surface area contributed by atoms with Crippen LogP contribution in [0.3, 0.4) is 0 Å². The number of aliphatic hydroxyl groups is 1. The van der Waals surface area contributed by atoms with Crippen molar-refractivity contribution in [2.24, 2.45) is 5.92 Å². The fourth-order valence-electron chi connectivity index (χ4n) is 1.54. The minimum Gasteiger partial charge on any atom is -0.394 e. The van der Waals surface area contributed by atoms with E-state index in [0.29, 0.717) is 10.6 Å². The van der Waals surface area contributed by atoms with Crippen LogP contribution in [0.1, 0.15) is 29.8 Å². The summed E-state index contributed by atoms with van der Waals surface area (Å²) >= 11 is 5.90. The molecule has 0 saturated carbocycles. The van der Waals surface area contributed by atoms with Crippen LogP contribution >= 0.6 is 11.6 Å². The van der Waals surface area contributed by atoms with Gasteiger partial charge in [0.25, 0.3) is 5.91 Å². The van der Waals surface area contributed by atoms with Gasteiger partial charge >= 0.3 is 0 Å². The standard InChI is InChI=1S/C13H18ClNO2/c1-8(2)12(7-16)15-13(17)10-4-9(3)5-11(14)6-10/h4-6,8,12,16H,7H2,1-3H3,(H,15,17). The van der Waals surface area contributed by atoms with Gasteiger partial charge in [-0.3, -0.25) is 4.79 Å². The lowest BCUT2D eigenvalue weighted by Crippen LogP contribution is -2.41. The first-order valence-corrected chi connectivity index (χ1v) is 6.00. The fraction of sp³-hybridized carbons (Fsp3) is 0.462. The number of hydrogen-bond acceptors (Lipinski definition) is 2. The minimum atomic E-state index is -0.234. The van der Waals surface area contributed by atoms with Crippen molar-refractivity contribution in [3.8, 4) is 0 Å².